The van der Waals surface area contributed by atoms with Gasteiger partial charge in [-0.25, -0.2) is 0 Å². The van der Waals surface area contributed by atoms with Gasteiger partial charge < -0.3 is 14.6 Å². The zero-order valence-electron chi connectivity index (χ0n) is 16.1. The number of nitrogens with zero attached hydrogens (tertiary/aromatic N) is 1. The van der Waals surface area contributed by atoms with Crippen LogP contribution in [-0.4, -0.2) is 11.1 Å². The number of aryl methyl sites for hydroxylation is 2. The quantitative estimate of drug-likeness (QED) is 0.649. The van der Waals surface area contributed by atoms with Crippen molar-refractivity contribution in [3.8, 4) is 5.75 Å². The fourth-order valence-electron chi connectivity index (χ4n) is 2.74. The van der Waals surface area contributed by atoms with Crippen LogP contribution in [0, 0.1) is 13.8 Å². The van der Waals surface area contributed by atoms with E-state index in [1.165, 1.54) is 5.56 Å². The number of benzene rings is 2. The Morgan fingerprint density at radius 1 is 1.15 bits per heavy atom. The van der Waals surface area contributed by atoms with Crippen LogP contribution in [0.5, 0.6) is 5.75 Å². The Morgan fingerprint density at radius 2 is 1.89 bits per heavy atom. The molecule has 2 aromatic carbocycles. The van der Waals surface area contributed by atoms with Crippen molar-refractivity contribution in [3.63, 3.8) is 0 Å². The maximum Gasteiger partial charge on any atom is 0.255 e. The van der Waals surface area contributed by atoms with Crippen LogP contribution >= 0.6 is 0 Å². The predicted molar refractivity (Wildman–Crippen MR) is 105 cm³/mol. The summed E-state index contributed by atoms with van der Waals surface area (Å²) in [5, 5.41) is 6.86. The number of hydrogen-bond acceptors (Lipinski definition) is 4. The van der Waals surface area contributed by atoms with Gasteiger partial charge in [-0.2, -0.15) is 0 Å². The number of amides is 1. The fraction of sp³-hybridized carbons (Fsp3) is 0.273. The number of rotatable bonds is 6. The Bertz CT molecular complexity index is 907. The SMILES string of the molecule is Cc1noc(C)c1COc1ccc(C(=O)Nc2cccc(C(C)C)c2)cc1. The average Bonchev–Trinajstić information content (AvgIpc) is 2.98. The molecular weight excluding hydrogens is 340 g/mol. The number of hydrogen-bond donors (Lipinski definition) is 1. The number of carbonyl (C=O) groups is 1. The van der Waals surface area contributed by atoms with Crippen molar-refractivity contribution in [1.29, 1.82) is 0 Å². The second-order valence-corrected chi connectivity index (χ2v) is 6.85. The third kappa shape index (κ3) is 4.56. The van der Waals surface area contributed by atoms with Crippen LogP contribution in [0.3, 0.4) is 0 Å². The van der Waals surface area contributed by atoms with E-state index in [1.54, 1.807) is 24.3 Å². The molecule has 1 N–H and O–H groups in total. The van der Waals surface area contributed by atoms with Gasteiger partial charge in [0.1, 0.15) is 18.1 Å². The molecule has 0 aliphatic rings. The van der Waals surface area contributed by atoms with Gasteiger partial charge in [-0.15, -0.1) is 0 Å². The highest BCUT2D eigenvalue weighted by Crippen LogP contribution is 2.21. The third-order valence-corrected chi connectivity index (χ3v) is 4.49. The molecule has 0 saturated heterocycles. The highest BCUT2D eigenvalue weighted by Gasteiger charge is 2.11. The minimum atomic E-state index is -0.145. The van der Waals surface area contributed by atoms with Crippen LogP contribution < -0.4 is 10.1 Å². The zero-order valence-corrected chi connectivity index (χ0v) is 16.1. The van der Waals surface area contributed by atoms with E-state index in [1.807, 2.05) is 32.0 Å². The zero-order chi connectivity index (χ0) is 19.4. The normalized spacial score (nSPS) is 10.9. The second-order valence-electron chi connectivity index (χ2n) is 6.85. The summed E-state index contributed by atoms with van der Waals surface area (Å²) in [6, 6.07) is 15.0. The van der Waals surface area contributed by atoms with Gasteiger partial charge in [0.15, 0.2) is 0 Å². The number of aromatic nitrogens is 1. The molecule has 0 radical (unpaired) electrons. The molecule has 1 aromatic heterocycles. The Kier molecular flexibility index (Phi) is 5.60. The maximum absolute atomic E-state index is 12.5. The van der Waals surface area contributed by atoms with Gasteiger partial charge in [0.2, 0.25) is 0 Å². The number of carbonyl (C=O) groups excluding carboxylic acids is 1. The lowest BCUT2D eigenvalue weighted by atomic mass is 10.0. The van der Waals surface area contributed by atoms with Crippen LogP contribution in [-0.2, 0) is 6.61 Å². The lowest BCUT2D eigenvalue weighted by Gasteiger charge is -2.10. The summed E-state index contributed by atoms with van der Waals surface area (Å²) in [5.74, 6) is 1.71. The van der Waals surface area contributed by atoms with Gasteiger partial charge in [-0.05, 0) is 61.7 Å². The Balaban J connectivity index is 1.63. The highest BCUT2D eigenvalue weighted by molar-refractivity contribution is 6.04. The van der Waals surface area contributed by atoms with Gasteiger partial charge in [-0.1, -0.05) is 31.1 Å². The van der Waals surface area contributed by atoms with E-state index in [2.05, 4.69) is 30.4 Å². The first-order valence-corrected chi connectivity index (χ1v) is 9.00. The summed E-state index contributed by atoms with van der Waals surface area (Å²) in [6.07, 6.45) is 0. The van der Waals surface area contributed by atoms with Crippen LogP contribution in [0.15, 0.2) is 53.1 Å². The molecule has 3 aromatic rings. The second kappa shape index (κ2) is 8.08. The van der Waals surface area contributed by atoms with E-state index in [4.69, 9.17) is 9.26 Å². The van der Waals surface area contributed by atoms with Crippen molar-refractivity contribution in [2.45, 2.75) is 40.2 Å². The van der Waals surface area contributed by atoms with Crippen molar-refractivity contribution in [3.05, 3.63) is 76.7 Å². The molecule has 27 heavy (non-hydrogen) atoms. The van der Waals surface area contributed by atoms with E-state index < -0.39 is 0 Å². The average molecular weight is 364 g/mol. The lowest BCUT2D eigenvalue weighted by Crippen LogP contribution is -2.12. The molecule has 0 aliphatic heterocycles. The van der Waals surface area contributed by atoms with Gasteiger partial charge in [-0.3, -0.25) is 4.79 Å². The summed E-state index contributed by atoms with van der Waals surface area (Å²) >= 11 is 0. The van der Waals surface area contributed by atoms with Crippen LogP contribution in [0.4, 0.5) is 5.69 Å². The molecule has 3 rings (SSSR count). The maximum atomic E-state index is 12.5. The molecule has 5 nitrogen and oxygen atoms in total. The summed E-state index contributed by atoms with van der Waals surface area (Å²) < 4.78 is 10.9. The van der Waals surface area contributed by atoms with Crippen molar-refractivity contribution < 1.29 is 14.1 Å². The minimum absolute atomic E-state index is 0.145. The largest absolute Gasteiger partial charge is 0.489 e. The lowest BCUT2D eigenvalue weighted by molar-refractivity contribution is 0.102. The van der Waals surface area contributed by atoms with Crippen molar-refractivity contribution in [2.24, 2.45) is 0 Å². The molecule has 0 unspecified atom stereocenters. The molecule has 0 fully saturated rings. The topological polar surface area (TPSA) is 64.4 Å². The van der Waals surface area contributed by atoms with Crippen molar-refractivity contribution in [1.82, 2.24) is 5.16 Å². The van der Waals surface area contributed by atoms with E-state index in [9.17, 15) is 4.79 Å². The first-order chi connectivity index (χ1) is 12.9. The third-order valence-electron chi connectivity index (χ3n) is 4.49. The number of anilines is 1. The Hall–Kier alpha value is -3.08. The Labute approximate surface area is 159 Å². The number of ether oxygens (including phenoxy) is 1. The number of nitrogens with one attached hydrogen (secondary N) is 1. The monoisotopic (exact) mass is 364 g/mol. The summed E-state index contributed by atoms with van der Waals surface area (Å²) in [4.78, 5) is 12.5. The molecule has 140 valence electrons. The van der Waals surface area contributed by atoms with Gasteiger partial charge in [0, 0.05) is 11.3 Å². The molecular formula is C22H24N2O3. The summed E-state index contributed by atoms with van der Waals surface area (Å²) in [5.41, 5.74) is 4.34. The molecule has 1 heterocycles. The van der Waals surface area contributed by atoms with Gasteiger partial charge >= 0.3 is 0 Å². The smallest absolute Gasteiger partial charge is 0.255 e. The van der Waals surface area contributed by atoms with Crippen molar-refractivity contribution >= 4 is 11.6 Å². The standard InChI is InChI=1S/C22H24N2O3/c1-14(2)18-6-5-7-19(12-18)23-22(25)17-8-10-20(11-9-17)26-13-21-15(3)24-27-16(21)4/h5-12,14H,13H2,1-4H3,(H,23,25). The van der Waals surface area contributed by atoms with Crippen LogP contribution in [0.1, 0.15) is 52.7 Å². The van der Waals surface area contributed by atoms with Crippen LogP contribution in [0.25, 0.3) is 0 Å². The molecule has 1 amide bonds. The Morgan fingerprint density at radius 3 is 2.52 bits per heavy atom. The fourth-order valence-corrected chi connectivity index (χ4v) is 2.74. The molecule has 0 bridgehead atoms. The van der Waals surface area contributed by atoms with Crippen molar-refractivity contribution in [2.75, 3.05) is 5.32 Å². The van der Waals surface area contributed by atoms with Gasteiger partial charge in [0.25, 0.3) is 5.91 Å². The summed E-state index contributed by atoms with van der Waals surface area (Å²) in [7, 11) is 0. The summed E-state index contributed by atoms with van der Waals surface area (Å²) in [6.45, 7) is 8.39. The first-order valence-electron chi connectivity index (χ1n) is 9.00. The van der Waals surface area contributed by atoms with E-state index >= 15 is 0 Å². The van der Waals surface area contributed by atoms with E-state index in [0.717, 1.165) is 22.7 Å². The highest BCUT2D eigenvalue weighted by atomic mass is 16.5. The first kappa shape index (κ1) is 18.7. The van der Waals surface area contributed by atoms with E-state index in [-0.39, 0.29) is 5.91 Å². The molecule has 5 heteroatoms. The molecule has 0 saturated carbocycles. The minimum Gasteiger partial charge on any atom is -0.489 e. The predicted octanol–water partition coefficient (Wildman–Crippen LogP) is 5.25. The van der Waals surface area contributed by atoms with Gasteiger partial charge in [0.05, 0.1) is 11.3 Å². The molecule has 0 spiro atoms. The molecule has 0 aliphatic carbocycles. The van der Waals surface area contributed by atoms with E-state index in [0.29, 0.717) is 23.8 Å². The van der Waals surface area contributed by atoms with Crippen LogP contribution in [0.2, 0.25) is 0 Å². The molecule has 0 atom stereocenters.